The molecular formula is C15H24N4O2. The first-order valence-electron chi connectivity index (χ1n) is 7.39. The van der Waals surface area contributed by atoms with E-state index in [2.05, 4.69) is 15.1 Å². The number of rotatable bonds is 5. The van der Waals surface area contributed by atoms with Gasteiger partial charge in [0.1, 0.15) is 0 Å². The highest BCUT2D eigenvalue weighted by atomic mass is 16.3. The molecule has 2 rings (SSSR count). The summed E-state index contributed by atoms with van der Waals surface area (Å²) in [5, 5.41) is 11.8. The first-order chi connectivity index (χ1) is 10.2. The molecule has 0 atom stereocenters. The number of hydrogen-bond donors (Lipinski definition) is 3. The van der Waals surface area contributed by atoms with Gasteiger partial charge >= 0.3 is 0 Å². The molecule has 1 aromatic rings. The predicted molar refractivity (Wildman–Crippen MR) is 84.1 cm³/mol. The van der Waals surface area contributed by atoms with Crippen LogP contribution in [0, 0.1) is 0 Å². The molecule has 21 heavy (non-hydrogen) atoms. The fourth-order valence-electron chi connectivity index (χ4n) is 2.55. The highest BCUT2D eigenvalue weighted by Crippen LogP contribution is 2.16. The fourth-order valence-corrected chi connectivity index (χ4v) is 2.55. The first-order valence-corrected chi connectivity index (χ1v) is 7.39. The molecule has 1 amide bonds. The number of carbonyl (C=O) groups excluding carboxylic acids is 1. The monoisotopic (exact) mass is 292 g/mol. The molecule has 0 radical (unpaired) electrons. The maximum absolute atomic E-state index is 12.1. The third-order valence-corrected chi connectivity index (χ3v) is 3.70. The summed E-state index contributed by atoms with van der Waals surface area (Å²) < 4.78 is 0. The van der Waals surface area contributed by atoms with Crippen LogP contribution >= 0.6 is 0 Å². The van der Waals surface area contributed by atoms with Crippen LogP contribution in [0.5, 0.6) is 0 Å². The van der Waals surface area contributed by atoms with Gasteiger partial charge in [0.05, 0.1) is 24.5 Å². The van der Waals surface area contributed by atoms with E-state index in [0.717, 1.165) is 32.6 Å². The van der Waals surface area contributed by atoms with Gasteiger partial charge in [0, 0.05) is 19.6 Å². The lowest BCUT2D eigenvalue weighted by Gasteiger charge is -2.20. The van der Waals surface area contributed by atoms with Crippen molar-refractivity contribution < 1.29 is 9.90 Å². The van der Waals surface area contributed by atoms with Crippen molar-refractivity contribution in [2.45, 2.75) is 6.42 Å². The number of nitrogens with two attached hydrogens (primary N) is 1. The zero-order chi connectivity index (χ0) is 15.1. The molecule has 0 unspecified atom stereocenters. The Labute approximate surface area is 125 Å². The number of nitrogens with zero attached hydrogens (tertiary/aromatic N) is 2. The van der Waals surface area contributed by atoms with Gasteiger partial charge in [-0.3, -0.25) is 14.6 Å². The molecule has 1 aliphatic rings. The molecular weight excluding hydrogens is 268 g/mol. The second kappa shape index (κ2) is 7.97. The third-order valence-electron chi connectivity index (χ3n) is 3.70. The number of carbonyl (C=O) groups is 1. The Morgan fingerprint density at radius 2 is 1.90 bits per heavy atom. The quantitative estimate of drug-likeness (QED) is 0.676. The summed E-state index contributed by atoms with van der Waals surface area (Å²) in [4.78, 5) is 16.5. The number of para-hydroxylation sites is 2. The third kappa shape index (κ3) is 5.00. The number of aliphatic hydroxyl groups is 1. The fraction of sp³-hybridized carbons (Fsp3) is 0.533. The minimum Gasteiger partial charge on any atom is -0.397 e. The molecule has 116 valence electrons. The van der Waals surface area contributed by atoms with Crippen molar-refractivity contribution in [3.05, 3.63) is 24.3 Å². The average Bonchev–Trinajstić information content (AvgIpc) is 2.67. The van der Waals surface area contributed by atoms with E-state index in [1.165, 1.54) is 0 Å². The molecule has 0 spiro atoms. The summed E-state index contributed by atoms with van der Waals surface area (Å²) in [6.07, 6.45) is 1.01. The number of nitrogens with one attached hydrogen (secondary N) is 1. The van der Waals surface area contributed by atoms with E-state index in [1.807, 2.05) is 12.1 Å². The maximum Gasteiger partial charge on any atom is 0.238 e. The van der Waals surface area contributed by atoms with Crippen molar-refractivity contribution >= 4 is 17.3 Å². The first kappa shape index (κ1) is 15.8. The molecule has 1 saturated heterocycles. The normalized spacial score (nSPS) is 17.4. The second-order valence-electron chi connectivity index (χ2n) is 5.33. The lowest BCUT2D eigenvalue weighted by atomic mass is 10.2. The Morgan fingerprint density at radius 3 is 2.67 bits per heavy atom. The Hall–Kier alpha value is -1.63. The average molecular weight is 292 g/mol. The van der Waals surface area contributed by atoms with Crippen molar-refractivity contribution in [3.63, 3.8) is 0 Å². The maximum atomic E-state index is 12.1. The second-order valence-corrected chi connectivity index (χ2v) is 5.33. The van der Waals surface area contributed by atoms with Gasteiger partial charge in [-0.05, 0) is 31.6 Å². The molecule has 6 heteroatoms. The number of amides is 1. The van der Waals surface area contributed by atoms with Crippen molar-refractivity contribution in [1.82, 2.24) is 9.80 Å². The van der Waals surface area contributed by atoms with Crippen molar-refractivity contribution in [3.8, 4) is 0 Å². The molecule has 1 fully saturated rings. The van der Waals surface area contributed by atoms with Gasteiger partial charge in [-0.15, -0.1) is 0 Å². The van der Waals surface area contributed by atoms with Crippen LogP contribution in [0.1, 0.15) is 6.42 Å². The van der Waals surface area contributed by atoms with Crippen LogP contribution in [0.3, 0.4) is 0 Å². The molecule has 4 N–H and O–H groups in total. The van der Waals surface area contributed by atoms with E-state index in [9.17, 15) is 4.79 Å². The van der Waals surface area contributed by atoms with Gasteiger partial charge < -0.3 is 16.2 Å². The van der Waals surface area contributed by atoms with Crippen LogP contribution in [0.2, 0.25) is 0 Å². The minimum absolute atomic E-state index is 0.0384. The highest BCUT2D eigenvalue weighted by Gasteiger charge is 2.17. The van der Waals surface area contributed by atoms with Crippen LogP contribution in [0.4, 0.5) is 11.4 Å². The highest BCUT2D eigenvalue weighted by molar-refractivity contribution is 5.95. The van der Waals surface area contributed by atoms with Gasteiger partial charge in [0.2, 0.25) is 5.91 Å². The zero-order valence-electron chi connectivity index (χ0n) is 12.3. The Balaban J connectivity index is 1.81. The van der Waals surface area contributed by atoms with Crippen LogP contribution < -0.4 is 11.1 Å². The SMILES string of the molecule is Nc1ccccc1NC(=O)CN1CCCN(CCO)CC1. The number of benzene rings is 1. The van der Waals surface area contributed by atoms with E-state index in [0.29, 0.717) is 24.5 Å². The Bertz CT molecular complexity index is 467. The van der Waals surface area contributed by atoms with Gasteiger partial charge in [0.25, 0.3) is 0 Å². The zero-order valence-corrected chi connectivity index (χ0v) is 12.3. The summed E-state index contributed by atoms with van der Waals surface area (Å²) in [6, 6.07) is 7.27. The van der Waals surface area contributed by atoms with Gasteiger partial charge in [-0.1, -0.05) is 12.1 Å². The number of hydrogen-bond acceptors (Lipinski definition) is 5. The largest absolute Gasteiger partial charge is 0.397 e. The lowest BCUT2D eigenvalue weighted by molar-refractivity contribution is -0.117. The van der Waals surface area contributed by atoms with Crippen molar-refractivity contribution in [1.29, 1.82) is 0 Å². The van der Waals surface area contributed by atoms with Gasteiger partial charge in [-0.2, -0.15) is 0 Å². The smallest absolute Gasteiger partial charge is 0.238 e. The summed E-state index contributed by atoms with van der Waals surface area (Å²) in [5.41, 5.74) is 7.07. The molecule has 1 heterocycles. The molecule has 0 aliphatic carbocycles. The number of nitrogen functional groups attached to an aromatic ring is 1. The topological polar surface area (TPSA) is 81.8 Å². The van der Waals surface area contributed by atoms with Crippen LogP contribution in [0.15, 0.2) is 24.3 Å². The van der Waals surface area contributed by atoms with E-state index in [4.69, 9.17) is 10.8 Å². The summed E-state index contributed by atoms with van der Waals surface area (Å²) >= 11 is 0. The van der Waals surface area contributed by atoms with Crippen molar-refractivity contribution in [2.24, 2.45) is 0 Å². The van der Waals surface area contributed by atoms with Gasteiger partial charge in [-0.25, -0.2) is 0 Å². The van der Waals surface area contributed by atoms with E-state index >= 15 is 0 Å². The summed E-state index contributed by atoms with van der Waals surface area (Å²) in [5.74, 6) is -0.0384. The van der Waals surface area contributed by atoms with Crippen LogP contribution in [0.25, 0.3) is 0 Å². The standard InChI is InChI=1S/C15H24N4O2/c16-13-4-1-2-5-14(13)17-15(21)12-19-7-3-6-18(8-9-19)10-11-20/h1-2,4-5,20H,3,6-12,16H2,(H,17,21). The summed E-state index contributed by atoms with van der Waals surface area (Å²) in [6.45, 7) is 4.89. The Morgan fingerprint density at radius 1 is 1.19 bits per heavy atom. The van der Waals surface area contributed by atoms with E-state index in [1.54, 1.807) is 12.1 Å². The van der Waals surface area contributed by atoms with Crippen LogP contribution in [-0.4, -0.2) is 66.7 Å². The van der Waals surface area contributed by atoms with Crippen molar-refractivity contribution in [2.75, 3.05) is 56.9 Å². The molecule has 0 bridgehead atoms. The summed E-state index contributed by atoms with van der Waals surface area (Å²) in [7, 11) is 0. The molecule has 6 nitrogen and oxygen atoms in total. The number of aliphatic hydroxyl groups excluding tert-OH is 1. The van der Waals surface area contributed by atoms with Gasteiger partial charge in [0.15, 0.2) is 0 Å². The minimum atomic E-state index is -0.0384. The molecule has 0 saturated carbocycles. The Kier molecular flexibility index (Phi) is 5.98. The lowest BCUT2D eigenvalue weighted by Crippen LogP contribution is -2.37. The molecule has 1 aliphatic heterocycles. The molecule has 0 aromatic heterocycles. The number of anilines is 2. The van der Waals surface area contributed by atoms with Crippen LogP contribution in [-0.2, 0) is 4.79 Å². The van der Waals surface area contributed by atoms with E-state index < -0.39 is 0 Å². The number of β-amino-alcohol motifs (C(OH)–C–C–N with tert-alkyl or cyclic N) is 1. The van der Waals surface area contributed by atoms with E-state index in [-0.39, 0.29) is 12.5 Å². The molecule has 1 aromatic carbocycles. The predicted octanol–water partition coefficient (Wildman–Crippen LogP) is 0.207.